The lowest BCUT2D eigenvalue weighted by Gasteiger charge is -2.33. The Bertz CT molecular complexity index is 1020. The second-order valence-corrected chi connectivity index (χ2v) is 20.0. The van der Waals surface area contributed by atoms with Gasteiger partial charge in [-0.3, -0.25) is 0 Å². The molecule has 4 aromatic rings. The number of hydrogen-bond donors (Lipinski definition) is 0. The van der Waals surface area contributed by atoms with E-state index in [-0.39, 0.29) is 34.0 Å². The third kappa shape index (κ3) is 9.91. The van der Waals surface area contributed by atoms with Crippen molar-refractivity contribution in [3.05, 3.63) is 144 Å². The molecule has 0 amide bonds. The zero-order valence-corrected chi connectivity index (χ0v) is 28.6. The van der Waals surface area contributed by atoms with Gasteiger partial charge in [-0.2, -0.15) is 0 Å². The third-order valence-electron chi connectivity index (χ3n) is 8.47. The van der Waals surface area contributed by atoms with Crippen LogP contribution < -0.4 is 34.0 Å². The smallest absolute Gasteiger partial charge is 0.0846 e. The Balaban J connectivity index is 0.00000220. The fourth-order valence-electron chi connectivity index (χ4n) is 6.64. The van der Waals surface area contributed by atoms with Gasteiger partial charge in [-0.1, -0.05) is 121 Å². The summed E-state index contributed by atoms with van der Waals surface area (Å²) in [6.07, 6.45) is 16.7. The van der Waals surface area contributed by atoms with Crippen molar-refractivity contribution in [2.45, 2.75) is 50.3 Å². The maximum absolute atomic E-state index is 2.38. The molecule has 0 unspecified atom stereocenters. The Morgan fingerprint density at radius 3 is 0.725 bits per heavy atom. The van der Waals surface area contributed by atoms with Crippen molar-refractivity contribution in [3.8, 4) is 0 Å². The van der Waals surface area contributed by atoms with E-state index in [1.54, 1.807) is 22.3 Å². The molecule has 0 nitrogen and oxygen atoms in total. The molecule has 0 spiro atoms. The lowest BCUT2D eigenvalue weighted by atomic mass is 10.2. The highest BCUT2D eigenvalue weighted by Gasteiger charge is 2.41. The minimum atomic E-state index is -1.11. The van der Waals surface area contributed by atoms with Gasteiger partial charge >= 0.3 is 0 Å². The van der Waals surface area contributed by atoms with Crippen molar-refractivity contribution in [1.29, 1.82) is 0 Å². The zero-order valence-electron chi connectivity index (χ0n) is 23.7. The number of hydrogen-bond acceptors (Lipinski definition) is 0. The van der Waals surface area contributed by atoms with E-state index in [0.29, 0.717) is 0 Å². The summed E-state index contributed by atoms with van der Waals surface area (Å²) >= 11 is 0. The van der Waals surface area contributed by atoms with Gasteiger partial charge in [0.1, 0.15) is 0 Å². The van der Waals surface area contributed by atoms with Gasteiger partial charge in [0.05, 0.1) is 49.3 Å². The summed E-state index contributed by atoms with van der Waals surface area (Å²) in [6, 6.07) is 45.6. The minimum Gasteiger partial charge on any atom is -1.00 e. The molecule has 40 heavy (non-hydrogen) atoms. The minimum absolute atomic E-state index is 0. The largest absolute Gasteiger partial charge is 1.00 e. The highest BCUT2D eigenvalue weighted by atomic mass is 79.9. The summed E-state index contributed by atoms with van der Waals surface area (Å²) in [7, 11) is -2.23. The van der Waals surface area contributed by atoms with Crippen LogP contribution in [0.4, 0.5) is 0 Å². The number of benzene rings is 4. The molecule has 0 saturated carbocycles. The lowest BCUT2D eigenvalue weighted by Crippen LogP contribution is -3.00. The molecule has 5 rings (SSSR count). The molecule has 0 bridgehead atoms. The summed E-state index contributed by atoms with van der Waals surface area (Å²) in [5.41, 5.74) is 6.24. The van der Waals surface area contributed by atoms with E-state index in [9.17, 15) is 0 Å². The first-order valence-electron chi connectivity index (χ1n) is 14.6. The fraction of sp³-hybridized carbons (Fsp3) is 0.333. The van der Waals surface area contributed by atoms with Gasteiger partial charge in [0, 0.05) is 14.5 Å². The van der Waals surface area contributed by atoms with E-state index < -0.39 is 14.5 Å². The number of rotatable bonds is 8. The second kappa shape index (κ2) is 17.0. The molecule has 0 atom stereocenters. The Kier molecular flexibility index (Phi) is 14.1. The molecule has 0 aromatic heterocycles. The van der Waals surface area contributed by atoms with Crippen LogP contribution in [0.3, 0.4) is 0 Å². The van der Waals surface area contributed by atoms with Crippen LogP contribution in [0, 0.1) is 0 Å². The first-order valence-corrected chi connectivity index (χ1v) is 19.6. The van der Waals surface area contributed by atoms with Crippen LogP contribution in [0.2, 0.25) is 0 Å². The molecule has 1 fully saturated rings. The van der Waals surface area contributed by atoms with Gasteiger partial charge in [0.15, 0.2) is 0 Å². The van der Waals surface area contributed by atoms with Gasteiger partial charge in [-0.05, 0) is 47.9 Å². The molecule has 1 heterocycles. The SMILES string of the molecule is [Br-].[Br-].c1ccc(C[P+]2(Cc3ccccc3)CCCC[P+](Cc3ccccc3)(Cc3ccccc3)CCCC2)cc1. The average Bonchev–Trinajstić information content (AvgIpc) is 2.96. The van der Waals surface area contributed by atoms with Crippen molar-refractivity contribution in [2.75, 3.05) is 24.6 Å². The standard InChI is InChI=1S/C36H44P2.2BrH/c1-5-17-33(18-6-1)29-37(30-34-19-7-2-8-20-34)25-13-15-27-38(28-16-14-26-37,31-35-21-9-3-10-22-35)32-36-23-11-4-12-24-36;;/h1-12,17-24H,13-16,25-32H2;2*1H/q+2;;/p-2. The fourth-order valence-corrected chi connectivity index (χ4v) is 16.1. The molecule has 0 radical (unpaired) electrons. The first kappa shape index (κ1) is 33.2. The topological polar surface area (TPSA) is 0 Å². The highest BCUT2D eigenvalue weighted by Crippen LogP contribution is 2.69. The van der Waals surface area contributed by atoms with Crippen LogP contribution in [0.1, 0.15) is 47.9 Å². The summed E-state index contributed by atoms with van der Waals surface area (Å²) in [6.45, 7) is 0. The van der Waals surface area contributed by atoms with Crippen LogP contribution in [0.5, 0.6) is 0 Å². The van der Waals surface area contributed by atoms with Crippen LogP contribution in [0.25, 0.3) is 0 Å². The molecule has 4 aromatic carbocycles. The monoisotopic (exact) mass is 696 g/mol. The van der Waals surface area contributed by atoms with E-state index in [0.717, 1.165) is 0 Å². The molecule has 1 saturated heterocycles. The Labute approximate surface area is 265 Å². The van der Waals surface area contributed by atoms with Crippen LogP contribution in [0.15, 0.2) is 121 Å². The maximum Gasteiger partial charge on any atom is 0.0846 e. The Hall–Kier alpha value is -1.30. The molecule has 212 valence electrons. The van der Waals surface area contributed by atoms with Crippen molar-refractivity contribution in [3.63, 3.8) is 0 Å². The zero-order chi connectivity index (χ0) is 25.9. The van der Waals surface area contributed by atoms with E-state index in [2.05, 4.69) is 121 Å². The van der Waals surface area contributed by atoms with Gasteiger partial charge in [-0.25, -0.2) is 0 Å². The Morgan fingerprint density at radius 1 is 0.325 bits per heavy atom. The predicted octanol–water partition coefficient (Wildman–Crippen LogP) is 4.40. The van der Waals surface area contributed by atoms with Crippen molar-refractivity contribution in [1.82, 2.24) is 0 Å². The van der Waals surface area contributed by atoms with E-state index in [1.165, 1.54) is 75.0 Å². The first-order chi connectivity index (χ1) is 18.7. The van der Waals surface area contributed by atoms with Gasteiger partial charge < -0.3 is 34.0 Å². The van der Waals surface area contributed by atoms with Crippen molar-refractivity contribution in [2.24, 2.45) is 0 Å². The highest BCUT2D eigenvalue weighted by molar-refractivity contribution is 7.75. The summed E-state index contributed by atoms with van der Waals surface area (Å²) in [4.78, 5) is 0. The molecule has 4 heteroatoms. The van der Waals surface area contributed by atoms with E-state index >= 15 is 0 Å². The molecule has 1 aliphatic heterocycles. The second-order valence-electron chi connectivity index (χ2n) is 11.6. The van der Waals surface area contributed by atoms with Crippen LogP contribution in [-0.4, -0.2) is 24.6 Å². The molecule has 0 aliphatic carbocycles. The summed E-state index contributed by atoms with van der Waals surface area (Å²) in [5.74, 6) is 0. The van der Waals surface area contributed by atoms with Gasteiger partial charge in [-0.15, -0.1) is 0 Å². The molecular weight excluding hydrogens is 654 g/mol. The molecule has 1 aliphatic rings. The predicted molar refractivity (Wildman–Crippen MR) is 172 cm³/mol. The summed E-state index contributed by atoms with van der Waals surface area (Å²) < 4.78 is 0. The van der Waals surface area contributed by atoms with Crippen LogP contribution in [-0.2, 0) is 24.6 Å². The van der Waals surface area contributed by atoms with E-state index in [1.807, 2.05) is 0 Å². The Morgan fingerprint density at radius 2 is 0.525 bits per heavy atom. The average molecular weight is 699 g/mol. The van der Waals surface area contributed by atoms with Crippen LogP contribution >= 0.6 is 14.5 Å². The lowest BCUT2D eigenvalue weighted by molar-refractivity contribution is -0.001000. The molecule has 0 N–H and O–H groups in total. The van der Waals surface area contributed by atoms with E-state index in [4.69, 9.17) is 0 Å². The molecular formula is C36H44Br2P2. The van der Waals surface area contributed by atoms with Gasteiger partial charge in [0.2, 0.25) is 0 Å². The summed E-state index contributed by atoms with van der Waals surface area (Å²) in [5, 5.41) is 0. The van der Waals surface area contributed by atoms with Gasteiger partial charge in [0.25, 0.3) is 0 Å². The maximum atomic E-state index is 2.38. The quantitative estimate of drug-likeness (QED) is 0.240. The number of halogens is 2. The third-order valence-corrected chi connectivity index (χ3v) is 17.7. The normalized spacial score (nSPS) is 16.6. The van der Waals surface area contributed by atoms with Crippen molar-refractivity contribution < 1.29 is 34.0 Å². The van der Waals surface area contributed by atoms with Crippen molar-refractivity contribution >= 4 is 14.5 Å².